The molecule has 0 spiro atoms. The number of anilines is 1. The third kappa shape index (κ3) is 4.56. The number of benzene rings is 2. The Labute approximate surface area is 199 Å². The smallest absolute Gasteiger partial charge is 0.257 e. The van der Waals surface area contributed by atoms with E-state index in [0.717, 1.165) is 48.8 Å². The van der Waals surface area contributed by atoms with Crippen LogP contribution in [0.4, 0.5) is 5.69 Å². The summed E-state index contributed by atoms with van der Waals surface area (Å²) in [6, 6.07) is 21.9. The first-order chi connectivity index (χ1) is 16.7. The molecule has 7 heteroatoms. The molecule has 1 saturated heterocycles. The first-order valence-electron chi connectivity index (χ1n) is 11.4. The SMILES string of the molecule is CN(Cc1ccccc1N1CCOCC1)C(=O)c1cn(-c2ccccc2)nc1-c1cccnc1. The number of amides is 1. The number of aromatic nitrogens is 3. The zero-order valence-electron chi connectivity index (χ0n) is 19.2. The molecule has 0 bridgehead atoms. The van der Waals surface area contributed by atoms with E-state index in [4.69, 9.17) is 9.84 Å². The van der Waals surface area contributed by atoms with Gasteiger partial charge in [-0.05, 0) is 35.9 Å². The van der Waals surface area contributed by atoms with Crippen molar-refractivity contribution < 1.29 is 9.53 Å². The maximum Gasteiger partial charge on any atom is 0.257 e. The Morgan fingerprint density at radius 1 is 1.00 bits per heavy atom. The van der Waals surface area contributed by atoms with Gasteiger partial charge in [0.1, 0.15) is 5.69 Å². The first kappa shape index (κ1) is 21.9. The van der Waals surface area contributed by atoms with Gasteiger partial charge in [-0.25, -0.2) is 4.68 Å². The number of hydrogen-bond donors (Lipinski definition) is 0. The van der Waals surface area contributed by atoms with Crippen LogP contribution in [0.3, 0.4) is 0 Å². The average Bonchev–Trinajstić information content (AvgIpc) is 3.36. The van der Waals surface area contributed by atoms with Gasteiger partial charge < -0.3 is 14.5 Å². The number of para-hydroxylation sites is 2. The van der Waals surface area contributed by atoms with Crippen LogP contribution < -0.4 is 4.90 Å². The van der Waals surface area contributed by atoms with Gasteiger partial charge in [-0.1, -0.05) is 36.4 Å². The molecule has 1 fully saturated rings. The molecular formula is C27H27N5O2. The summed E-state index contributed by atoms with van der Waals surface area (Å²) in [7, 11) is 1.84. The van der Waals surface area contributed by atoms with E-state index in [1.165, 1.54) is 0 Å². The maximum absolute atomic E-state index is 13.7. The number of pyridine rings is 1. The van der Waals surface area contributed by atoms with Gasteiger partial charge in [0.25, 0.3) is 5.91 Å². The largest absolute Gasteiger partial charge is 0.378 e. The van der Waals surface area contributed by atoms with Crippen molar-refractivity contribution in [3.63, 3.8) is 0 Å². The van der Waals surface area contributed by atoms with Crippen LogP contribution in [-0.4, -0.2) is 58.9 Å². The molecule has 0 aliphatic carbocycles. The Morgan fingerprint density at radius 3 is 2.53 bits per heavy atom. The average molecular weight is 454 g/mol. The Hall–Kier alpha value is -3.97. The molecule has 4 aromatic rings. The highest BCUT2D eigenvalue weighted by Gasteiger charge is 2.23. The molecule has 1 amide bonds. The van der Waals surface area contributed by atoms with E-state index < -0.39 is 0 Å². The van der Waals surface area contributed by atoms with Crippen LogP contribution in [0.25, 0.3) is 16.9 Å². The number of nitrogens with zero attached hydrogens (tertiary/aromatic N) is 5. The van der Waals surface area contributed by atoms with E-state index in [1.807, 2.05) is 67.8 Å². The zero-order valence-corrected chi connectivity index (χ0v) is 19.2. The van der Waals surface area contributed by atoms with Gasteiger partial charge in [0.05, 0.1) is 24.5 Å². The Balaban J connectivity index is 1.46. The predicted octanol–water partition coefficient (Wildman–Crippen LogP) is 4.04. The molecule has 3 heterocycles. The second-order valence-corrected chi connectivity index (χ2v) is 8.30. The fourth-order valence-corrected chi connectivity index (χ4v) is 4.25. The van der Waals surface area contributed by atoms with E-state index in [2.05, 4.69) is 22.0 Å². The molecule has 2 aromatic carbocycles. The van der Waals surface area contributed by atoms with E-state index in [1.54, 1.807) is 22.0 Å². The summed E-state index contributed by atoms with van der Waals surface area (Å²) in [5.74, 6) is -0.0854. The van der Waals surface area contributed by atoms with Gasteiger partial charge in [0.15, 0.2) is 0 Å². The van der Waals surface area contributed by atoms with E-state index in [0.29, 0.717) is 17.8 Å². The Bertz CT molecular complexity index is 1250. The van der Waals surface area contributed by atoms with Gasteiger partial charge in [-0.2, -0.15) is 5.10 Å². The number of hydrogen-bond acceptors (Lipinski definition) is 5. The van der Waals surface area contributed by atoms with Gasteiger partial charge >= 0.3 is 0 Å². The Morgan fingerprint density at radius 2 is 1.76 bits per heavy atom. The van der Waals surface area contributed by atoms with Gasteiger partial charge in [-0.15, -0.1) is 0 Å². The summed E-state index contributed by atoms with van der Waals surface area (Å²) < 4.78 is 7.27. The lowest BCUT2D eigenvalue weighted by Crippen LogP contribution is -2.37. The molecule has 0 N–H and O–H groups in total. The van der Waals surface area contributed by atoms with E-state index in [9.17, 15) is 4.79 Å². The molecule has 0 saturated carbocycles. The molecule has 172 valence electrons. The molecule has 0 unspecified atom stereocenters. The second-order valence-electron chi connectivity index (χ2n) is 8.30. The van der Waals surface area contributed by atoms with Crippen molar-refractivity contribution in [1.82, 2.24) is 19.7 Å². The highest BCUT2D eigenvalue weighted by molar-refractivity contribution is 5.99. The summed E-state index contributed by atoms with van der Waals surface area (Å²) in [5, 5.41) is 4.76. The van der Waals surface area contributed by atoms with Crippen molar-refractivity contribution in [2.45, 2.75) is 6.54 Å². The van der Waals surface area contributed by atoms with Crippen molar-refractivity contribution in [1.29, 1.82) is 0 Å². The van der Waals surface area contributed by atoms with Crippen LogP contribution in [0.15, 0.2) is 85.3 Å². The number of ether oxygens (including phenoxy) is 1. The molecule has 0 radical (unpaired) electrons. The maximum atomic E-state index is 13.7. The van der Waals surface area contributed by atoms with Gasteiger partial charge in [0.2, 0.25) is 0 Å². The third-order valence-corrected chi connectivity index (χ3v) is 6.00. The quantitative estimate of drug-likeness (QED) is 0.441. The lowest BCUT2D eigenvalue weighted by molar-refractivity contribution is 0.0785. The normalized spacial score (nSPS) is 13.6. The molecule has 1 aliphatic rings. The standard InChI is InChI=1S/C27H27N5O2/c1-30(19-22-8-5-6-12-25(22)31-14-16-34-17-15-31)27(33)24-20-32(23-10-3-2-4-11-23)29-26(24)21-9-7-13-28-18-21/h2-13,18,20H,14-17,19H2,1H3. The van der Waals surface area contributed by atoms with Crippen LogP contribution in [0.2, 0.25) is 0 Å². The summed E-state index contributed by atoms with van der Waals surface area (Å²) in [5.41, 5.74) is 5.13. The fourth-order valence-electron chi connectivity index (χ4n) is 4.25. The van der Waals surface area contributed by atoms with Gasteiger partial charge in [0, 0.05) is 56.5 Å². The van der Waals surface area contributed by atoms with Crippen molar-refractivity contribution in [2.24, 2.45) is 0 Å². The summed E-state index contributed by atoms with van der Waals surface area (Å²) in [6.45, 7) is 3.63. The minimum absolute atomic E-state index is 0.0854. The lowest BCUT2D eigenvalue weighted by atomic mass is 10.1. The van der Waals surface area contributed by atoms with Crippen molar-refractivity contribution in [3.05, 3.63) is 96.4 Å². The van der Waals surface area contributed by atoms with Crippen LogP contribution in [-0.2, 0) is 11.3 Å². The van der Waals surface area contributed by atoms with E-state index in [-0.39, 0.29) is 5.91 Å². The van der Waals surface area contributed by atoms with Crippen LogP contribution in [0.1, 0.15) is 15.9 Å². The number of carbonyl (C=O) groups is 1. The summed E-state index contributed by atoms with van der Waals surface area (Å²) in [6.07, 6.45) is 5.26. The zero-order chi connectivity index (χ0) is 23.3. The molecule has 0 atom stereocenters. The van der Waals surface area contributed by atoms with Crippen molar-refractivity contribution in [2.75, 3.05) is 38.3 Å². The molecule has 1 aliphatic heterocycles. The number of morpholine rings is 1. The second kappa shape index (κ2) is 9.89. The van der Waals surface area contributed by atoms with Crippen molar-refractivity contribution >= 4 is 11.6 Å². The summed E-state index contributed by atoms with van der Waals surface area (Å²) in [4.78, 5) is 22.0. The highest BCUT2D eigenvalue weighted by atomic mass is 16.5. The number of rotatable bonds is 6. The van der Waals surface area contributed by atoms with Crippen LogP contribution in [0, 0.1) is 0 Å². The molecule has 5 rings (SSSR count). The van der Waals surface area contributed by atoms with Crippen LogP contribution >= 0.6 is 0 Å². The van der Waals surface area contributed by atoms with Crippen LogP contribution in [0.5, 0.6) is 0 Å². The lowest BCUT2D eigenvalue weighted by Gasteiger charge is -2.31. The molecule has 2 aromatic heterocycles. The third-order valence-electron chi connectivity index (χ3n) is 6.00. The summed E-state index contributed by atoms with van der Waals surface area (Å²) >= 11 is 0. The predicted molar refractivity (Wildman–Crippen MR) is 132 cm³/mol. The molecule has 34 heavy (non-hydrogen) atoms. The minimum atomic E-state index is -0.0854. The topological polar surface area (TPSA) is 63.5 Å². The van der Waals surface area contributed by atoms with E-state index >= 15 is 0 Å². The minimum Gasteiger partial charge on any atom is -0.378 e. The monoisotopic (exact) mass is 453 g/mol. The molecule has 7 nitrogen and oxygen atoms in total. The Kier molecular flexibility index (Phi) is 6.35. The molecular weight excluding hydrogens is 426 g/mol. The van der Waals surface area contributed by atoms with Gasteiger partial charge in [-0.3, -0.25) is 9.78 Å². The van der Waals surface area contributed by atoms with Crippen molar-refractivity contribution in [3.8, 4) is 16.9 Å². The first-order valence-corrected chi connectivity index (χ1v) is 11.4. The highest BCUT2D eigenvalue weighted by Crippen LogP contribution is 2.27. The fraction of sp³-hybridized carbons (Fsp3) is 0.222. The number of carbonyl (C=O) groups excluding carboxylic acids is 1.